The molecule has 14 heavy (non-hydrogen) atoms. The monoisotopic (exact) mass is 190 g/mol. The lowest BCUT2D eigenvalue weighted by Gasteiger charge is -1.99. The van der Waals surface area contributed by atoms with Crippen LogP contribution in [0.2, 0.25) is 0 Å². The number of aliphatic hydroxyl groups is 1. The molecule has 2 aromatic rings. The van der Waals surface area contributed by atoms with E-state index in [1.54, 1.807) is 6.92 Å². The Balaban J connectivity index is 2.19. The summed E-state index contributed by atoms with van der Waals surface area (Å²) in [6.07, 6.45) is 1.29. The maximum atomic E-state index is 9.15. The first-order valence-corrected chi connectivity index (χ1v) is 4.87. The molecule has 0 saturated heterocycles. The molecule has 1 aromatic carbocycles. The van der Waals surface area contributed by atoms with Crippen molar-refractivity contribution < 1.29 is 5.11 Å². The Kier molecular flexibility index (Phi) is 2.50. The van der Waals surface area contributed by atoms with Gasteiger partial charge in [0.1, 0.15) is 5.82 Å². The third-order valence-corrected chi connectivity index (χ3v) is 2.24. The van der Waals surface area contributed by atoms with Crippen LogP contribution in [0, 0.1) is 0 Å². The summed E-state index contributed by atoms with van der Waals surface area (Å²) in [5, 5.41) is 9.15. The number of aromatic amines is 1. The van der Waals surface area contributed by atoms with Crippen LogP contribution in [0.4, 0.5) is 0 Å². The van der Waals surface area contributed by atoms with Crippen molar-refractivity contribution in [3.8, 4) is 0 Å². The number of para-hydroxylation sites is 2. The molecule has 0 spiro atoms. The molecule has 1 atom stereocenters. The van der Waals surface area contributed by atoms with Gasteiger partial charge in [-0.1, -0.05) is 12.1 Å². The molecule has 0 unspecified atom stereocenters. The quantitative estimate of drug-likeness (QED) is 0.776. The largest absolute Gasteiger partial charge is 0.393 e. The van der Waals surface area contributed by atoms with Crippen LogP contribution in [0.5, 0.6) is 0 Å². The van der Waals surface area contributed by atoms with Gasteiger partial charge in [-0.05, 0) is 25.5 Å². The molecule has 2 rings (SSSR count). The molecule has 0 saturated carbocycles. The molecule has 3 heteroatoms. The van der Waals surface area contributed by atoms with Crippen LogP contribution in [-0.2, 0) is 6.42 Å². The van der Waals surface area contributed by atoms with Crippen LogP contribution >= 0.6 is 0 Å². The Bertz CT molecular complexity index is 387. The number of hydrogen-bond donors (Lipinski definition) is 2. The summed E-state index contributed by atoms with van der Waals surface area (Å²) < 4.78 is 0. The molecule has 0 aliphatic rings. The number of aryl methyl sites for hydroxylation is 1. The third kappa shape index (κ3) is 1.93. The number of rotatable bonds is 3. The minimum absolute atomic E-state index is 0.261. The fourth-order valence-electron chi connectivity index (χ4n) is 1.47. The summed E-state index contributed by atoms with van der Waals surface area (Å²) in [6.45, 7) is 1.79. The molecule has 1 aromatic heterocycles. The first kappa shape index (κ1) is 9.21. The molecule has 74 valence electrons. The second-order valence-electron chi connectivity index (χ2n) is 3.59. The normalized spacial score (nSPS) is 13.3. The predicted octanol–water partition coefficient (Wildman–Crippen LogP) is 1.88. The lowest BCUT2D eigenvalue weighted by atomic mass is 10.2. The number of benzene rings is 1. The summed E-state index contributed by atoms with van der Waals surface area (Å²) in [5.41, 5.74) is 2.06. The van der Waals surface area contributed by atoms with Gasteiger partial charge in [0, 0.05) is 6.42 Å². The van der Waals surface area contributed by atoms with E-state index in [1.807, 2.05) is 24.3 Å². The van der Waals surface area contributed by atoms with Gasteiger partial charge in [-0.3, -0.25) is 0 Å². The van der Waals surface area contributed by atoms with Crippen LogP contribution in [0.3, 0.4) is 0 Å². The van der Waals surface area contributed by atoms with E-state index in [1.165, 1.54) is 0 Å². The zero-order valence-corrected chi connectivity index (χ0v) is 8.20. The first-order chi connectivity index (χ1) is 6.75. The maximum Gasteiger partial charge on any atom is 0.107 e. The van der Waals surface area contributed by atoms with E-state index in [2.05, 4.69) is 9.97 Å². The van der Waals surface area contributed by atoms with Gasteiger partial charge in [0.15, 0.2) is 0 Å². The zero-order chi connectivity index (χ0) is 9.97. The van der Waals surface area contributed by atoms with Gasteiger partial charge in [0.25, 0.3) is 0 Å². The second-order valence-corrected chi connectivity index (χ2v) is 3.59. The molecule has 0 aliphatic carbocycles. The molecule has 3 nitrogen and oxygen atoms in total. The van der Waals surface area contributed by atoms with Crippen molar-refractivity contribution in [3.05, 3.63) is 30.1 Å². The highest BCUT2D eigenvalue weighted by Crippen LogP contribution is 2.11. The average Bonchev–Trinajstić information content (AvgIpc) is 2.57. The minimum atomic E-state index is -0.261. The summed E-state index contributed by atoms with van der Waals surface area (Å²) in [6, 6.07) is 7.95. The van der Waals surface area contributed by atoms with Gasteiger partial charge < -0.3 is 10.1 Å². The van der Waals surface area contributed by atoms with Gasteiger partial charge in [-0.15, -0.1) is 0 Å². The van der Waals surface area contributed by atoms with Crippen LogP contribution in [0.1, 0.15) is 19.2 Å². The van der Waals surface area contributed by atoms with Crippen LogP contribution in [0.25, 0.3) is 11.0 Å². The van der Waals surface area contributed by atoms with E-state index in [0.29, 0.717) is 0 Å². The van der Waals surface area contributed by atoms with E-state index >= 15 is 0 Å². The number of aromatic nitrogens is 2. The van der Waals surface area contributed by atoms with Gasteiger partial charge in [0.05, 0.1) is 17.1 Å². The van der Waals surface area contributed by atoms with Crippen LogP contribution in [0.15, 0.2) is 24.3 Å². The number of fused-ring (bicyclic) bond motifs is 1. The number of aliphatic hydroxyl groups excluding tert-OH is 1. The van der Waals surface area contributed by atoms with Crippen molar-refractivity contribution in [2.24, 2.45) is 0 Å². The molecular formula is C11H14N2O. The van der Waals surface area contributed by atoms with Crippen LogP contribution in [-0.4, -0.2) is 21.2 Å². The summed E-state index contributed by atoms with van der Waals surface area (Å²) in [4.78, 5) is 7.65. The third-order valence-electron chi connectivity index (χ3n) is 2.24. The Hall–Kier alpha value is -1.35. The van der Waals surface area contributed by atoms with Crippen molar-refractivity contribution in [2.45, 2.75) is 25.9 Å². The Morgan fingerprint density at radius 1 is 1.43 bits per heavy atom. The highest BCUT2D eigenvalue weighted by Gasteiger charge is 2.03. The standard InChI is InChI=1S/C11H14N2O/c1-8(14)6-7-11-12-9-4-2-3-5-10(9)13-11/h2-5,8,14H,6-7H2,1H3,(H,12,13)/t8-/m1/s1. The fraction of sp³-hybridized carbons (Fsp3) is 0.364. The highest BCUT2D eigenvalue weighted by molar-refractivity contribution is 5.74. The average molecular weight is 190 g/mol. The topological polar surface area (TPSA) is 48.9 Å². The van der Waals surface area contributed by atoms with E-state index in [4.69, 9.17) is 5.11 Å². The predicted molar refractivity (Wildman–Crippen MR) is 56.1 cm³/mol. The van der Waals surface area contributed by atoms with Crippen molar-refractivity contribution in [1.29, 1.82) is 0 Å². The summed E-state index contributed by atoms with van der Waals surface area (Å²) >= 11 is 0. The maximum absolute atomic E-state index is 9.15. The molecule has 0 amide bonds. The zero-order valence-electron chi connectivity index (χ0n) is 8.20. The number of nitrogens with zero attached hydrogens (tertiary/aromatic N) is 1. The number of hydrogen-bond acceptors (Lipinski definition) is 2. The van der Waals surface area contributed by atoms with E-state index in [0.717, 1.165) is 29.7 Å². The first-order valence-electron chi connectivity index (χ1n) is 4.87. The number of imidazole rings is 1. The van der Waals surface area contributed by atoms with Crippen molar-refractivity contribution in [2.75, 3.05) is 0 Å². The van der Waals surface area contributed by atoms with Gasteiger partial charge >= 0.3 is 0 Å². The van der Waals surface area contributed by atoms with Crippen molar-refractivity contribution >= 4 is 11.0 Å². The number of H-pyrrole nitrogens is 1. The molecule has 0 bridgehead atoms. The van der Waals surface area contributed by atoms with Gasteiger partial charge in [-0.2, -0.15) is 0 Å². The summed E-state index contributed by atoms with van der Waals surface area (Å²) in [5.74, 6) is 0.951. The second kappa shape index (κ2) is 3.80. The van der Waals surface area contributed by atoms with E-state index in [9.17, 15) is 0 Å². The lowest BCUT2D eigenvalue weighted by Crippen LogP contribution is -2.02. The Morgan fingerprint density at radius 2 is 2.21 bits per heavy atom. The van der Waals surface area contributed by atoms with E-state index in [-0.39, 0.29) is 6.10 Å². The van der Waals surface area contributed by atoms with Crippen molar-refractivity contribution in [3.63, 3.8) is 0 Å². The smallest absolute Gasteiger partial charge is 0.107 e. The molecular weight excluding hydrogens is 176 g/mol. The molecule has 0 aliphatic heterocycles. The van der Waals surface area contributed by atoms with Gasteiger partial charge in [0.2, 0.25) is 0 Å². The summed E-state index contributed by atoms with van der Waals surface area (Å²) in [7, 11) is 0. The fourth-order valence-corrected chi connectivity index (χ4v) is 1.47. The molecule has 0 radical (unpaired) electrons. The minimum Gasteiger partial charge on any atom is -0.393 e. The molecule has 1 heterocycles. The molecule has 0 fully saturated rings. The SMILES string of the molecule is C[C@@H](O)CCc1nc2ccccc2[nH]1. The van der Waals surface area contributed by atoms with Gasteiger partial charge in [-0.25, -0.2) is 4.98 Å². The highest BCUT2D eigenvalue weighted by atomic mass is 16.3. The molecule has 2 N–H and O–H groups in total. The Labute approximate surface area is 82.8 Å². The van der Waals surface area contributed by atoms with Crippen molar-refractivity contribution in [1.82, 2.24) is 9.97 Å². The number of nitrogens with one attached hydrogen (secondary N) is 1. The lowest BCUT2D eigenvalue weighted by molar-refractivity contribution is 0.184. The van der Waals surface area contributed by atoms with Crippen LogP contribution < -0.4 is 0 Å². The van der Waals surface area contributed by atoms with E-state index < -0.39 is 0 Å². The Morgan fingerprint density at radius 3 is 2.93 bits per heavy atom.